The molecule has 3 aromatic rings. The lowest BCUT2D eigenvalue weighted by Gasteiger charge is -2.25. The topological polar surface area (TPSA) is 85.8 Å². The maximum absolute atomic E-state index is 13.5. The van der Waals surface area contributed by atoms with Gasteiger partial charge in [0.25, 0.3) is 0 Å². The molecule has 0 amide bonds. The number of Topliss-reactive ketones (excluding diaryl/α,β-unsaturated/α-hetero) is 1. The van der Waals surface area contributed by atoms with Gasteiger partial charge < -0.3 is 19.5 Å². The number of anilines is 2. The van der Waals surface area contributed by atoms with Gasteiger partial charge in [0.2, 0.25) is 0 Å². The highest BCUT2D eigenvalue weighted by Crippen LogP contribution is 2.35. The van der Waals surface area contributed by atoms with Crippen molar-refractivity contribution in [3.8, 4) is 11.5 Å². The molecule has 2 heterocycles. The normalized spacial score (nSPS) is 14.3. The maximum Gasteiger partial charge on any atom is 0.184 e. The van der Waals surface area contributed by atoms with Crippen molar-refractivity contribution in [2.24, 2.45) is 0 Å². The lowest BCUT2D eigenvalue weighted by Crippen LogP contribution is -2.40. The number of benzene rings is 2. The number of halogens is 2. The largest absolute Gasteiger partial charge is 0.493 e. The number of nitrogens with one attached hydrogen (secondary N) is 1. The summed E-state index contributed by atoms with van der Waals surface area (Å²) < 4.78 is 30.0. The Labute approximate surface area is 189 Å². The molecule has 0 aliphatic carbocycles. The van der Waals surface area contributed by atoms with Gasteiger partial charge in [-0.2, -0.15) is 0 Å². The summed E-state index contributed by atoms with van der Waals surface area (Å²) in [5, 5.41) is 3.76. The van der Waals surface area contributed by atoms with Crippen LogP contribution in [-0.2, 0) is 9.53 Å². The van der Waals surface area contributed by atoms with E-state index >= 15 is 0 Å². The number of ketones is 1. The number of ether oxygens (including phenoxy) is 3. The molecule has 1 N–H and O–H groups in total. The first kappa shape index (κ1) is 22.2. The van der Waals surface area contributed by atoms with Crippen molar-refractivity contribution in [1.29, 1.82) is 0 Å². The Bertz CT molecular complexity index is 1120. The number of rotatable bonds is 8. The molecule has 10 heteroatoms. The number of carbonyl (C=O) groups is 1. The van der Waals surface area contributed by atoms with Crippen LogP contribution in [0, 0.1) is 5.82 Å². The Balaban J connectivity index is 1.54. The molecular formula is C22H22ClFN4O4. The third kappa shape index (κ3) is 5.24. The second-order valence-corrected chi connectivity index (χ2v) is 7.62. The second kappa shape index (κ2) is 10.1. The van der Waals surface area contributed by atoms with Gasteiger partial charge >= 0.3 is 0 Å². The van der Waals surface area contributed by atoms with E-state index < -0.39 is 5.82 Å². The number of fused-ring (bicyclic) bond motifs is 1. The van der Waals surface area contributed by atoms with E-state index in [1.807, 2.05) is 4.90 Å². The minimum atomic E-state index is -0.507. The monoisotopic (exact) mass is 460 g/mol. The molecule has 2 aromatic carbocycles. The van der Waals surface area contributed by atoms with Gasteiger partial charge in [0.1, 0.15) is 24.6 Å². The fourth-order valence-corrected chi connectivity index (χ4v) is 3.54. The molecule has 1 aliphatic rings. The summed E-state index contributed by atoms with van der Waals surface area (Å²) in [6, 6.07) is 7.72. The average Bonchev–Trinajstić information content (AvgIpc) is 2.80. The highest BCUT2D eigenvalue weighted by atomic mass is 35.5. The molecule has 32 heavy (non-hydrogen) atoms. The fourth-order valence-electron chi connectivity index (χ4n) is 3.36. The summed E-state index contributed by atoms with van der Waals surface area (Å²) in [6.07, 6.45) is 1.40. The molecule has 4 rings (SSSR count). The number of methoxy groups -OCH3 is 1. The summed E-state index contributed by atoms with van der Waals surface area (Å²) in [6.45, 7) is 2.92. The highest BCUT2D eigenvalue weighted by molar-refractivity contribution is 6.31. The van der Waals surface area contributed by atoms with Crippen molar-refractivity contribution in [3.63, 3.8) is 0 Å². The van der Waals surface area contributed by atoms with Gasteiger partial charge in [-0.15, -0.1) is 0 Å². The van der Waals surface area contributed by atoms with E-state index in [1.54, 1.807) is 18.2 Å². The van der Waals surface area contributed by atoms with Crippen molar-refractivity contribution >= 4 is 39.8 Å². The van der Waals surface area contributed by atoms with Crippen LogP contribution < -0.4 is 14.8 Å². The van der Waals surface area contributed by atoms with E-state index in [0.717, 1.165) is 13.1 Å². The first-order valence-corrected chi connectivity index (χ1v) is 10.4. The van der Waals surface area contributed by atoms with E-state index in [0.29, 0.717) is 53.7 Å². The number of nitrogens with zero attached hydrogens (tertiary/aromatic N) is 3. The first-order chi connectivity index (χ1) is 15.5. The molecule has 8 nitrogen and oxygen atoms in total. The molecule has 0 unspecified atom stereocenters. The van der Waals surface area contributed by atoms with Gasteiger partial charge in [0.15, 0.2) is 17.3 Å². The summed E-state index contributed by atoms with van der Waals surface area (Å²) in [5.41, 5.74) is 1.18. The highest BCUT2D eigenvalue weighted by Gasteiger charge is 2.17. The maximum atomic E-state index is 13.5. The Hall–Kier alpha value is -3.01. The fraction of sp³-hybridized carbons (Fsp3) is 0.318. The number of aromatic nitrogens is 2. The minimum absolute atomic E-state index is 0.00201. The number of morpholine rings is 1. The number of hydrogen-bond acceptors (Lipinski definition) is 8. The zero-order valence-corrected chi connectivity index (χ0v) is 18.2. The summed E-state index contributed by atoms with van der Waals surface area (Å²) in [7, 11) is 1.52. The molecule has 0 bridgehead atoms. The van der Waals surface area contributed by atoms with Crippen LogP contribution in [0.3, 0.4) is 0 Å². The van der Waals surface area contributed by atoms with E-state index in [9.17, 15) is 9.18 Å². The zero-order valence-electron chi connectivity index (χ0n) is 17.4. The van der Waals surface area contributed by atoms with Crippen LogP contribution in [0.2, 0.25) is 5.02 Å². The van der Waals surface area contributed by atoms with Crippen LogP contribution in [0.25, 0.3) is 10.9 Å². The van der Waals surface area contributed by atoms with E-state index in [1.165, 1.54) is 25.6 Å². The van der Waals surface area contributed by atoms with Gasteiger partial charge in [0.05, 0.1) is 37.4 Å². The summed E-state index contributed by atoms with van der Waals surface area (Å²) >= 11 is 5.88. The Morgan fingerprint density at radius 3 is 2.78 bits per heavy atom. The molecule has 1 aliphatic heterocycles. The van der Waals surface area contributed by atoms with Gasteiger partial charge in [-0.05, 0) is 24.3 Å². The van der Waals surface area contributed by atoms with Crippen LogP contribution >= 0.6 is 11.6 Å². The van der Waals surface area contributed by atoms with Gasteiger partial charge in [-0.3, -0.25) is 9.69 Å². The standard InChI is InChI=1S/C22H22ClFN4O4/c1-30-20-10-19-16(9-21(20)32-12-15(29)11-28-4-6-31-7-5-28)22(26-13-25-19)27-14-2-3-18(24)17(23)8-14/h2-3,8-10,13H,4-7,11-12H2,1H3,(H,25,26,27). The predicted molar refractivity (Wildman–Crippen MR) is 119 cm³/mol. The lowest BCUT2D eigenvalue weighted by atomic mass is 10.2. The quantitative estimate of drug-likeness (QED) is 0.547. The molecule has 0 spiro atoms. The third-order valence-electron chi connectivity index (χ3n) is 5.00. The third-order valence-corrected chi connectivity index (χ3v) is 5.29. The van der Waals surface area contributed by atoms with Crippen molar-refractivity contribution in [3.05, 3.63) is 47.5 Å². The Morgan fingerprint density at radius 2 is 2.03 bits per heavy atom. The molecule has 1 saturated heterocycles. The molecule has 1 fully saturated rings. The number of hydrogen-bond donors (Lipinski definition) is 1. The average molecular weight is 461 g/mol. The predicted octanol–water partition coefficient (Wildman–Crippen LogP) is 3.45. The molecule has 168 valence electrons. The van der Waals surface area contributed by atoms with Crippen LogP contribution in [0.1, 0.15) is 0 Å². The molecule has 0 atom stereocenters. The van der Waals surface area contributed by atoms with Gasteiger partial charge in [-0.25, -0.2) is 14.4 Å². The van der Waals surface area contributed by atoms with E-state index in [2.05, 4.69) is 15.3 Å². The zero-order chi connectivity index (χ0) is 22.5. The minimum Gasteiger partial charge on any atom is -0.493 e. The second-order valence-electron chi connectivity index (χ2n) is 7.21. The van der Waals surface area contributed by atoms with Crippen LogP contribution in [0.4, 0.5) is 15.9 Å². The molecular weight excluding hydrogens is 439 g/mol. The molecule has 1 aromatic heterocycles. The summed E-state index contributed by atoms with van der Waals surface area (Å²) in [4.78, 5) is 23.0. The van der Waals surface area contributed by atoms with Crippen LogP contribution in [0.15, 0.2) is 36.7 Å². The van der Waals surface area contributed by atoms with Gasteiger partial charge in [0, 0.05) is 30.2 Å². The number of carbonyl (C=O) groups excluding carboxylic acids is 1. The van der Waals surface area contributed by atoms with Crippen molar-refractivity contribution < 1.29 is 23.4 Å². The van der Waals surface area contributed by atoms with Crippen molar-refractivity contribution in [1.82, 2.24) is 14.9 Å². The van der Waals surface area contributed by atoms with Crippen molar-refractivity contribution in [2.75, 3.05) is 51.9 Å². The van der Waals surface area contributed by atoms with Crippen LogP contribution in [-0.4, -0.2) is 67.2 Å². The SMILES string of the molecule is COc1cc2ncnc(Nc3ccc(F)c(Cl)c3)c2cc1OCC(=O)CN1CCOCC1. The molecule has 0 radical (unpaired) electrons. The van der Waals surface area contributed by atoms with Crippen LogP contribution in [0.5, 0.6) is 11.5 Å². The van der Waals surface area contributed by atoms with Crippen molar-refractivity contribution in [2.45, 2.75) is 0 Å². The molecule has 0 saturated carbocycles. The lowest BCUT2D eigenvalue weighted by molar-refractivity contribution is -0.123. The van der Waals surface area contributed by atoms with E-state index in [4.69, 9.17) is 25.8 Å². The van der Waals surface area contributed by atoms with E-state index in [-0.39, 0.29) is 17.4 Å². The van der Waals surface area contributed by atoms with Gasteiger partial charge in [-0.1, -0.05) is 11.6 Å². The summed E-state index contributed by atoms with van der Waals surface area (Å²) in [5.74, 6) is 0.769. The smallest absolute Gasteiger partial charge is 0.184 e. The Kier molecular flexibility index (Phi) is 6.99. The first-order valence-electron chi connectivity index (χ1n) is 10.0. The Morgan fingerprint density at radius 1 is 1.22 bits per heavy atom.